The van der Waals surface area contributed by atoms with Crippen LogP contribution in [0.4, 0.5) is 0 Å². The van der Waals surface area contributed by atoms with Gasteiger partial charge in [0.1, 0.15) is 36.8 Å². The predicted octanol–water partition coefficient (Wildman–Crippen LogP) is -1.83. The zero-order chi connectivity index (χ0) is 35.5. The van der Waals surface area contributed by atoms with Crippen LogP contribution in [0.15, 0.2) is 35.3 Å². The number of hydrogen-bond donors (Lipinski definition) is 10. The highest BCUT2D eigenvalue weighted by molar-refractivity contribution is 7.80. The van der Waals surface area contributed by atoms with E-state index in [0.29, 0.717) is 6.42 Å². The first-order valence-corrected chi connectivity index (χ1v) is 15.8. The number of carbonyl (C=O) groups excluding carboxylic acids is 5. The first kappa shape index (κ1) is 40.6. The third-order valence-corrected chi connectivity index (χ3v) is 7.02. The number of likely N-dealkylation sites (N-methyl/N-ethyl adjacent to an activating group) is 1. The Morgan fingerprint density at radius 2 is 1.40 bits per heavy atom. The number of thiol groups is 1. The average Bonchev–Trinajstić information content (AvgIpc) is 3.00. The van der Waals surface area contributed by atoms with Crippen molar-refractivity contribution in [1.82, 2.24) is 31.9 Å². The summed E-state index contributed by atoms with van der Waals surface area (Å²) in [7, 11) is 1.55. The second-order valence-electron chi connectivity index (χ2n) is 11.2. The van der Waals surface area contributed by atoms with Crippen molar-refractivity contribution in [2.45, 2.75) is 76.7 Å². The molecule has 0 heterocycles. The lowest BCUT2D eigenvalue weighted by atomic mass is 10.0. The second-order valence-corrected chi connectivity index (χ2v) is 11.6. The molecule has 1 aromatic rings. The van der Waals surface area contributed by atoms with Gasteiger partial charge in [-0.2, -0.15) is 12.6 Å². The molecule has 5 atom stereocenters. The number of aliphatic imine (C=N–C) groups is 1. The van der Waals surface area contributed by atoms with Crippen LogP contribution in [0.1, 0.15) is 45.6 Å². The van der Waals surface area contributed by atoms with Gasteiger partial charge in [-0.1, -0.05) is 44.2 Å². The molecule has 16 nitrogen and oxygen atoms in total. The summed E-state index contributed by atoms with van der Waals surface area (Å²) in [5.41, 5.74) is 11.4. The smallest absolute Gasteiger partial charge is 0.327 e. The Morgan fingerprint density at radius 3 is 1.96 bits per heavy atom. The minimum Gasteiger partial charge on any atom is -0.480 e. The molecule has 0 fully saturated rings. The molecule has 1 rings (SSSR count). The summed E-state index contributed by atoms with van der Waals surface area (Å²) < 4.78 is 0. The summed E-state index contributed by atoms with van der Waals surface area (Å²) in [5.74, 6) is -4.90. The van der Waals surface area contributed by atoms with Crippen LogP contribution < -0.4 is 43.4 Å². The lowest BCUT2D eigenvalue weighted by molar-refractivity contribution is -0.141. The molecule has 0 saturated carbocycles. The van der Waals surface area contributed by atoms with Crippen molar-refractivity contribution < 1.29 is 33.9 Å². The van der Waals surface area contributed by atoms with Crippen molar-refractivity contribution in [2.24, 2.45) is 22.4 Å². The highest BCUT2D eigenvalue weighted by Crippen LogP contribution is 2.09. The number of aliphatic carboxylic acids is 1. The maximum atomic E-state index is 13.5. The summed E-state index contributed by atoms with van der Waals surface area (Å²) in [6.45, 7) is 6.49. The molecular formula is C30H48N9O7S. The van der Waals surface area contributed by atoms with Gasteiger partial charge in [0.15, 0.2) is 5.96 Å². The largest absolute Gasteiger partial charge is 0.480 e. The molecule has 5 unspecified atom stereocenters. The summed E-state index contributed by atoms with van der Waals surface area (Å²) in [5, 5.41) is 24.7. The van der Waals surface area contributed by atoms with Crippen LogP contribution in [0.5, 0.6) is 0 Å². The monoisotopic (exact) mass is 678 g/mol. The van der Waals surface area contributed by atoms with Crippen molar-refractivity contribution in [2.75, 3.05) is 19.3 Å². The number of benzene rings is 1. The summed E-state index contributed by atoms with van der Waals surface area (Å²) >= 11 is 3.95. The average molecular weight is 679 g/mol. The zero-order valence-corrected chi connectivity index (χ0v) is 28.0. The van der Waals surface area contributed by atoms with E-state index in [9.17, 15) is 33.9 Å². The highest BCUT2D eigenvalue weighted by atomic mass is 32.1. The van der Waals surface area contributed by atoms with Gasteiger partial charge in [0, 0.05) is 18.7 Å². The number of carboxylic acid groups (broad SMARTS) is 1. The first-order chi connectivity index (χ1) is 22.2. The number of amides is 5. The quantitative estimate of drug-likeness (QED) is 0.0301. The molecule has 47 heavy (non-hydrogen) atoms. The third kappa shape index (κ3) is 16.1. The maximum Gasteiger partial charge on any atom is 0.327 e. The Morgan fingerprint density at radius 1 is 0.830 bits per heavy atom. The molecular weight excluding hydrogens is 630 g/mol. The van der Waals surface area contributed by atoms with Crippen LogP contribution in [0.25, 0.3) is 0 Å². The Bertz CT molecular complexity index is 1230. The van der Waals surface area contributed by atoms with Crippen LogP contribution in [0, 0.1) is 12.5 Å². The third-order valence-electron chi connectivity index (χ3n) is 6.66. The van der Waals surface area contributed by atoms with Crippen molar-refractivity contribution >= 4 is 54.1 Å². The normalized spacial score (nSPS) is 14.0. The molecule has 0 aliphatic rings. The topological polar surface area (TPSA) is 259 Å². The van der Waals surface area contributed by atoms with E-state index in [1.54, 1.807) is 37.4 Å². The second kappa shape index (κ2) is 21.4. The van der Waals surface area contributed by atoms with E-state index in [2.05, 4.69) is 49.5 Å². The summed E-state index contributed by atoms with van der Waals surface area (Å²) in [6.07, 6.45) is 0.694. The number of carboxylic acids is 1. The van der Waals surface area contributed by atoms with Gasteiger partial charge in [-0.15, -0.1) is 0 Å². The number of hydrogen-bond acceptors (Lipinski definition) is 9. The maximum absolute atomic E-state index is 13.5. The Hall–Kier alpha value is -4.38. The molecule has 11 N–H and O–H groups in total. The van der Waals surface area contributed by atoms with E-state index in [-0.39, 0.29) is 43.4 Å². The Balaban J connectivity index is 3.14. The molecule has 0 aromatic heterocycles. The number of rotatable bonds is 21. The Kier molecular flexibility index (Phi) is 18.5. The van der Waals surface area contributed by atoms with E-state index in [4.69, 9.17) is 11.5 Å². The fourth-order valence-electron chi connectivity index (χ4n) is 4.29. The molecule has 1 aromatic carbocycles. The minimum absolute atomic E-state index is 0.0360. The van der Waals surface area contributed by atoms with Gasteiger partial charge in [-0.05, 0) is 44.7 Å². The van der Waals surface area contributed by atoms with Crippen molar-refractivity contribution in [3.8, 4) is 0 Å². The number of carbonyl (C=O) groups is 6. The molecule has 0 saturated heterocycles. The van der Waals surface area contributed by atoms with Crippen LogP contribution in [-0.4, -0.2) is 96.1 Å². The molecule has 1 radical (unpaired) electrons. The van der Waals surface area contributed by atoms with Crippen LogP contribution in [0.2, 0.25) is 0 Å². The highest BCUT2D eigenvalue weighted by Gasteiger charge is 2.31. The number of nitrogens with two attached hydrogens (primary N) is 2. The number of guanidine groups is 1. The van der Waals surface area contributed by atoms with Gasteiger partial charge in [0.25, 0.3) is 0 Å². The van der Waals surface area contributed by atoms with Crippen molar-refractivity contribution in [1.29, 1.82) is 0 Å². The van der Waals surface area contributed by atoms with Gasteiger partial charge < -0.3 is 48.5 Å². The fourth-order valence-corrected chi connectivity index (χ4v) is 4.53. The van der Waals surface area contributed by atoms with Gasteiger partial charge in [0.05, 0.1) is 0 Å². The van der Waals surface area contributed by atoms with Crippen LogP contribution in [-0.2, 0) is 35.2 Å². The number of nitrogens with one attached hydrogen (secondary N) is 6. The van der Waals surface area contributed by atoms with Gasteiger partial charge in [0.2, 0.25) is 29.5 Å². The molecule has 5 amide bonds. The molecule has 0 bridgehead atoms. The molecule has 0 aliphatic heterocycles. The first-order valence-electron chi connectivity index (χ1n) is 15.1. The predicted molar refractivity (Wildman–Crippen MR) is 180 cm³/mol. The van der Waals surface area contributed by atoms with E-state index in [0.717, 1.165) is 5.56 Å². The van der Waals surface area contributed by atoms with Gasteiger partial charge >= 0.3 is 5.97 Å². The van der Waals surface area contributed by atoms with E-state index < -0.39 is 65.7 Å². The van der Waals surface area contributed by atoms with Crippen LogP contribution in [0.3, 0.4) is 0 Å². The zero-order valence-electron chi connectivity index (χ0n) is 27.1. The van der Waals surface area contributed by atoms with E-state index >= 15 is 0 Å². The molecule has 261 valence electrons. The Labute approximate surface area is 280 Å². The molecule has 0 spiro atoms. The van der Waals surface area contributed by atoms with Gasteiger partial charge in [-0.25, -0.2) is 4.79 Å². The van der Waals surface area contributed by atoms with E-state index in [1.807, 2.05) is 13.8 Å². The van der Waals surface area contributed by atoms with Crippen molar-refractivity contribution in [3.05, 3.63) is 42.4 Å². The standard InChI is InChI=1S/C30H48N9O7S/c1-17(2)13-21(36-24(40)15-33-4)28(44)38-22(14-19-9-6-5-7-10-19)27(43)35-18(3)25(41)37-20(11-8-12-34-30(31)32)26(42)39-23(16-47)29(45)46/h5-7,9-10,15,17-18,20-23,33,47H,8,11-14,16H2,1-4H3,(H,35,43)(H,36,40)(H,37,41)(H,38,44)(H,39,42)(H,45,46)(H4,31,32,34). The molecule has 17 heteroatoms. The fraction of sp³-hybridized carbons (Fsp3) is 0.533. The molecule has 0 aliphatic carbocycles. The minimum atomic E-state index is -1.30. The van der Waals surface area contributed by atoms with E-state index in [1.165, 1.54) is 13.5 Å². The summed E-state index contributed by atoms with van der Waals surface area (Å²) in [6, 6.07) is 3.16. The lowest BCUT2D eigenvalue weighted by Gasteiger charge is -2.26. The van der Waals surface area contributed by atoms with Crippen molar-refractivity contribution in [3.63, 3.8) is 0 Å². The SMILES string of the molecule is CN[CH]C(=O)NC(CC(C)C)C(=O)NC(Cc1ccccc1)C(=O)NC(C)C(=O)NC(CCCN=C(N)N)C(=O)NC(CS)C(=O)O. The number of nitrogens with zero attached hydrogens (tertiary/aromatic N) is 1. The van der Waals surface area contributed by atoms with Gasteiger partial charge in [-0.3, -0.25) is 29.0 Å². The lowest BCUT2D eigenvalue weighted by Crippen LogP contribution is -2.58. The van der Waals surface area contributed by atoms with Crippen LogP contribution >= 0.6 is 12.6 Å². The summed E-state index contributed by atoms with van der Waals surface area (Å²) in [4.78, 5) is 80.5.